The second-order valence-corrected chi connectivity index (χ2v) is 7.96. The lowest BCUT2D eigenvalue weighted by Crippen LogP contribution is -2.49. The molecule has 0 aliphatic carbocycles. The highest BCUT2D eigenvalue weighted by Gasteiger charge is 2.23. The van der Waals surface area contributed by atoms with Crippen LogP contribution in [0.2, 0.25) is 0 Å². The lowest BCUT2D eigenvalue weighted by atomic mass is 10.2. The first-order valence-electron chi connectivity index (χ1n) is 10.9. The summed E-state index contributed by atoms with van der Waals surface area (Å²) in [6.07, 6.45) is 3.43. The molecular weight excluding hydrogens is 381 g/mol. The topological polar surface area (TPSA) is 42.9 Å². The summed E-state index contributed by atoms with van der Waals surface area (Å²) in [6.45, 7) is 7.78. The number of hydrogen-bond donors (Lipinski definition) is 0. The van der Waals surface area contributed by atoms with Crippen LogP contribution in [0.5, 0.6) is 0 Å². The van der Waals surface area contributed by atoms with E-state index in [1.54, 1.807) is 0 Å². The minimum Gasteiger partial charge on any atom is -0.370 e. The number of pyridine rings is 1. The maximum atomic E-state index is 13.2. The molecule has 2 fully saturated rings. The average molecular weight is 412 g/mol. The van der Waals surface area contributed by atoms with Gasteiger partial charge in [-0.05, 0) is 49.4 Å². The van der Waals surface area contributed by atoms with Crippen molar-refractivity contribution >= 4 is 17.4 Å². The first-order valence-corrected chi connectivity index (χ1v) is 10.9. The molecule has 2 saturated heterocycles. The van der Waals surface area contributed by atoms with Crippen molar-refractivity contribution in [1.29, 1.82) is 0 Å². The third kappa shape index (κ3) is 5.27. The van der Waals surface area contributed by atoms with Crippen molar-refractivity contribution in [3.8, 4) is 0 Å². The monoisotopic (exact) mass is 411 g/mol. The summed E-state index contributed by atoms with van der Waals surface area (Å²) < 4.78 is 13.2. The van der Waals surface area contributed by atoms with Crippen LogP contribution >= 0.6 is 0 Å². The van der Waals surface area contributed by atoms with Gasteiger partial charge in [0.1, 0.15) is 11.6 Å². The Kier molecular flexibility index (Phi) is 6.79. The summed E-state index contributed by atoms with van der Waals surface area (Å²) in [7, 11) is 0. The molecule has 0 bridgehead atoms. The SMILES string of the molecule is O=C(CCN1CCCN(c2ccc(F)cc2)CC1)N1CCN(c2ccccn2)CC1. The summed E-state index contributed by atoms with van der Waals surface area (Å²) in [5.41, 5.74) is 1.07. The standard InChI is InChI=1S/C23H30FN5O/c24-20-5-7-21(8-6-20)27-12-3-11-26(14-15-27)13-9-23(30)29-18-16-28(17-19-29)22-4-1-2-10-25-22/h1-2,4-8,10H,3,9,11-19H2. The van der Waals surface area contributed by atoms with Crippen LogP contribution in [0.25, 0.3) is 0 Å². The Labute approximate surface area is 177 Å². The van der Waals surface area contributed by atoms with Gasteiger partial charge in [0.15, 0.2) is 0 Å². The van der Waals surface area contributed by atoms with E-state index in [1.165, 1.54) is 12.1 Å². The second kappa shape index (κ2) is 9.89. The zero-order valence-corrected chi connectivity index (χ0v) is 17.4. The van der Waals surface area contributed by atoms with Crippen LogP contribution in [-0.4, -0.2) is 79.6 Å². The Hall–Kier alpha value is -2.67. The molecule has 2 aliphatic rings. The van der Waals surface area contributed by atoms with Crippen molar-refractivity contribution in [2.24, 2.45) is 0 Å². The molecule has 2 aromatic rings. The lowest BCUT2D eigenvalue weighted by Gasteiger charge is -2.35. The second-order valence-electron chi connectivity index (χ2n) is 7.96. The van der Waals surface area contributed by atoms with Gasteiger partial charge in [0, 0.05) is 70.7 Å². The fourth-order valence-electron chi connectivity index (χ4n) is 4.24. The molecule has 2 aliphatic heterocycles. The van der Waals surface area contributed by atoms with E-state index in [0.717, 1.165) is 76.8 Å². The first kappa shape index (κ1) is 20.6. The highest BCUT2D eigenvalue weighted by molar-refractivity contribution is 5.76. The van der Waals surface area contributed by atoms with Crippen molar-refractivity contribution in [3.63, 3.8) is 0 Å². The molecule has 7 heteroatoms. The summed E-state index contributed by atoms with van der Waals surface area (Å²) in [5, 5.41) is 0. The van der Waals surface area contributed by atoms with E-state index < -0.39 is 0 Å². The van der Waals surface area contributed by atoms with Crippen LogP contribution in [0.1, 0.15) is 12.8 Å². The number of nitrogens with zero attached hydrogens (tertiary/aromatic N) is 5. The molecule has 4 rings (SSSR count). The van der Waals surface area contributed by atoms with E-state index in [0.29, 0.717) is 6.42 Å². The van der Waals surface area contributed by atoms with Gasteiger partial charge >= 0.3 is 0 Å². The molecule has 0 unspecified atom stereocenters. The Morgan fingerprint density at radius 2 is 1.63 bits per heavy atom. The van der Waals surface area contributed by atoms with Gasteiger partial charge in [-0.3, -0.25) is 4.79 Å². The highest BCUT2D eigenvalue weighted by atomic mass is 19.1. The number of halogens is 1. The van der Waals surface area contributed by atoms with Gasteiger partial charge in [-0.15, -0.1) is 0 Å². The Morgan fingerprint density at radius 1 is 0.867 bits per heavy atom. The third-order valence-corrected chi connectivity index (χ3v) is 6.03. The van der Waals surface area contributed by atoms with Gasteiger partial charge in [0.05, 0.1) is 0 Å². The van der Waals surface area contributed by atoms with Crippen LogP contribution in [0.15, 0.2) is 48.7 Å². The maximum absolute atomic E-state index is 13.2. The van der Waals surface area contributed by atoms with Gasteiger partial charge in [0.2, 0.25) is 5.91 Å². The van der Waals surface area contributed by atoms with E-state index >= 15 is 0 Å². The van der Waals surface area contributed by atoms with E-state index in [2.05, 4.69) is 19.7 Å². The molecule has 30 heavy (non-hydrogen) atoms. The minimum absolute atomic E-state index is 0.199. The number of carbonyl (C=O) groups excluding carboxylic acids is 1. The predicted octanol–water partition coefficient (Wildman–Crippen LogP) is 2.47. The van der Waals surface area contributed by atoms with E-state index in [9.17, 15) is 9.18 Å². The number of benzene rings is 1. The van der Waals surface area contributed by atoms with Gasteiger partial charge in [-0.2, -0.15) is 0 Å². The molecule has 0 atom stereocenters. The van der Waals surface area contributed by atoms with E-state index in [-0.39, 0.29) is 11.7 Å². The van der Waals surface area contributed by atoms with Crippen molar-refractivity contribution in [2.75, 3.05) is 68.7 Å². The molecule has 1 aromatic heterocycles. The molecule has 0 saturated carbocycles. The minimum atomic E-state index is -0.199. The fourth-order valence-corrected chi connectivity index (χ4v) is 4.24. The molecule has 160 valence electrons. The lowest BCUT2D eigenvalue weighted by molar-refractivity contribution is -0.131. The molecule has 0 N–H and O–H groups in total. The molecule has 0 spiro atoms. The molecule has 1 aromatic carbocycles. The zero-order valence-electron chi connectivity index (χ0n) is 17.4. The maximum Gasteiger partial charge on any atom is 0.223 e. The van der Waals surface area contributed by atoms with Crippen molar-refractivity contribution in [3.05, 3.63) is 54.5 Å². The van der Waals surface area contributed by atoms with Gasteiger partial charge < -0.3 is 19.6 Å². The summed E-state index contributed by atoms with van der Waals surface area (Å²) in [5.74, 6) is 1.03. The largest absolute Gasteiger partial charge is 0.370 e. The zero-order chi connectivity index (χ0) is 20.8. The molecular formula is C23H30FN5O. The fraction of sp³-hybridized carbons (Fsp3) is 0.478. The Bertz CT molecular complexity index is 808. The van der Waals surface area contributed by atoms with Crippen LogP contribution in [0.4, 0.5) is 15.9 Å². The summed E-state index contributed by atoms with van der Waals surface area (Å²) in [4.78, 5) is 26.0. The smallest absolute Gasteiger partial charge is 0.223 e. The molecule has 0 radical (unpaired) electrons. The van der Waals surface area contributed by atoms with Gasteiger partial charge in [0.25, 0.3) is 0 Å². The van der Waals surface area contributed by atoms with Gasteiger partial charge in [-0.25, -0.2) is 9.37 Å². The molecule has 3 heterocycles. The number of anilines is 2. The quantitative estimate of drug-likeness (QED) is 0.756. The number of piperazine rings is 1. The van der Waals surface area contributed by atoms with E-state index in [4.69, 9.17) is 0 Å². The average Bonchev–Trinajstić information content (AvgIpc) is 3.04. The highest BCUT2D eigenvalue weighted by Crippen LogP contribution is 2.17. The number of aromatic nitrogens is 1. The third-order valence-electron chi connectivity index (χ3n) is 6.03. The predicted molar refractivity (Wildman–Crippen MR) is 117 cm³/mol. The van der Waals surface area contributed by atoms with Crippen LogP contribution in [0, 0.1) is 5.82 Å². The van der Waals surface area contributed by atoms with Crippen LogP contribution in [0.3, 0.4) is 0 Å². The van der Waals surface area contributed by atoms with Crippen LogP contribution in [-0.2, 0) is 4.79 Å². The molecule has 6 nitrogen and oxygen atoms in total. The Balaban J connectivity index is 1.20. The van der Waals surface area contributed by atoms with E-state index in [1.807, 2.05) is 41.4 Å². The molecule has 1 amide bonds. The summed E-state index contributed by atoms with van der Waals surface area (Å²) >= 11 is 0. The van der Waals surface area contributed by atoms with Crippen LogP contribution < -0.4 is 9.80 Å². The number of rotatable bonds is 5. The first-order chi connectivity index (χ1) is 14.7. The Morgan fingerprint density at radius 3 is 2.37 bits per heavy atom. The van der Waals surface area contributed by atoms with Crippen molar-refractivity contribution in [1.82, 2.24) is 14.8 Å². The normalized spacial score (nSPS) is 18.4. The van der Waals surface area contributed by atoms with Gasteiger partial charge in [-0.1, -0.05) is 6.07 Å². The number of amides is 1. The van der Waals surface area contributed by atoms with Crippen molar-refractivity contribution < 1.29 is 9.18 Å². The van der Waals surface area contributed by atoms with Crippen molar-refractivity contribution in [2.45, 2.75) is 12.8 Å². The number of carbonyl (C=O) groups is 1. The number of hydrogen-bond acceptors (Lipinski definition) is 5. The summed E-state index contributed by atoms with van der Waals surface area (Å²) in [6, 6.07) is 12.7.